The third-order valence-corrected chi connectivity index (χ3v) is 10.1. The summed E-state index contributed by atoms with van der Waals surface area (Å²) in [6.07, 6.45) is -5.15. The van der Waals surface area contributed by atoms with Crippen LogP contribution in [0.25, 0.3) is 11.3 Å². The monoisotopic (exact) mass is 706 g/mol. The Labute approximate surface area is 265 Å². The molecule has 22 heteroatoms. The van der Waals surface area contributed by atoms with E-state index < -0.39 is 89.3 Å². The summed E-state index contributed by atoms with van der Waals surface area (Å²) in [5.74, 6) is -2.32. The SMILES string of the molecule is NC(=O)c1ccc[n+]([C@@H]2C[C@H](COP(=O)([O-])OP(=O)([O-])OC[C@@H]3O[C@H](n4cc(-c5ccccc5F)nn4)[C@@H](O)[C@H]3O)[C@@H](O)[C@H]2O)c1.[NH4+]. The predicted molar refractivity (Wildman–Crippen MR) is 150 cm³/mol. The van der Waals surface area contributed by atoms with Crippen molar-refractivity contribution in [1.29, 1.82) is 0 Å². The fourth-order valence-electron chi connectivity index (χ4n) is 5.21. The molecule has 10 atom stereocenters. The van der Waals surface area contributed by atoms with Crippen LogP contribution in [0.4, 0.5) is 4.39 Å². The number of benzene rings is 1. The van der Waals surface area contributed by atoms with Crippen molar-refractivity contribution in [3.05, 3.63) is 66.4 Å². The number of halogens is 1. The van der Waals surface area contributed by atoms with Gasteiger partial charge in [0.25, 0.3) is 21.6 Å². The molecule has 2 fully saturated rings. The quantitative estimate of drug-likeness (QED) is 0.0916. The first-order valence-electron chi connectivity index (χ1n) is 13.6. The summed E-state index contributed by atoms with van der Waals surface area (Å²) in [7, 11) is -11.3. The smallest absolute Gasteiger partial charge is 0.274 e. The maximum Gasteiger partial charge on any atom is 0.274 e. The molecule has 0 bridgehead atoms. The van der Waals surface area contributed by atoms with Gasteiger partial charge in [-0.1, -0.05) is 17.3 Å². The Bertz CT molecular complexity index is 1670. The number of quaternary nitrogens is 1. The number of phosphoric ester groups is 2. The Morgan fingerprint density at radius 2 is 1.72 bits per heavy atom. The molecule has 2 aliphatic rings. The summed E-state index contributed by atoms with van der Waals surface area (Å²) in [5.41, 5.74) is 5.58. The van der Waals surface area contributed by atoms with Crippen molar-refractivity contribution < 1.29 is 71.2 Å². The summed E-state index contributed by atoms with van der Waals surface area (Å²) >= 11 is 0. The lowest BCUT2D eigenvalue weighted by atomic mass is 10.1. The zero-order valence-electron chi connectivity index (χ0n) is 24.5. The Hall–Kier alpha value is -3.07. The van der Waals surface area contributed by atoms with Gasteiger partial charge in [0.1, 0.15) is 41.5 Å². The van der Waals surface area contributed by atoms with Gasteiger partial charge >= 0.3 is 0 Å². The molecule has 2 aromatic heterocycles. The number of aromatic nitrogens is 4. The van der Waals surface area contributed by atoms with E-state index in [1.807, 2.05) is 0 Å². The highest BCUT2D eigenvalue weighted by atomic mass is 31.3. The molecule has 1 aromatic carbocycles. The van der Waals surface area contributed by atoms with Gasteiger partial charge in [0, 0.05) is 24.0 Å². The molecular formula is C25H33FN6O13P2. The second-order valence-corrected chi connectivity index (χ2v) is 13.6. The summed E-state index contributed by atoms with van der Waals surface area (Å²) in [6, 6.07) is 7.80. The first-order valence-corrected chi connectivity index (χ1v) is 16.6. The van der Waals surface area contributed by atoms with Crippen molar-refractivity contribution in [3.8, 4) is 11.3 Å². The van der Waals surface area contributed by atoms with Gasteiger partial charge in [-0.3, -0.25) is 13.9 Å². The van der Waals surface area contributed by atoms with E-state index in [4.69, 9.17) is 10.5 Å². The molecule has 2 unspecified atom stereocenters. The fourth-order valence-corrected chi connectivity index (χ4v) is 7.27. The second kappa shape index (κ2) is 14.6. The standard InChI is InChI=1S/C25H30FN5O13P2.H3N/c26-16-6-2-1-5-15(16)17-10-31(29-28-17)25-23(35)22(34)19(43-25)12-42-46(39,40)44-45(37,38)41-11-14-8-18(21(33)20(14)32)30-7-3-4-13(9-30)24(27)36;/h1-7,9-10,14,18-23,25,32-35H,8,11-12H2,(H3-,27,36,37,38,39,40);1H3/t14-,18-,19+,20-,21+,22+,23+,25+;/m1./s1. The number of ether oxygens (including phenoxy) is 1. The van der Waals surface area contributed by atoms with Gasteiger partial charge in [0.15, 0.2) is 24.7 Å². The summed E-state index contributed by atoms with van der Waals surface area (Å²) < 4.78 is 59.9. The number of carbonyl (C=O) groups is 1. The van der Waals surface area contributed by atoms with Crippen molar-refractivity contribution in [2.24, 2.45) is 11.7 Å². The predicted octanol–water partition coefficient (Wildman–Crippen LogP) is -1.56. The molecule has 47 heavy (non-hydrogen) atoms. The first-order chi connectivity index (χ1) is 21.7. The molecule has 1 aliphatic heterocycles. The Morgan fingerprint density at radius 3 is 2.40 bits per heavy atom. The number of pyridine rings is 1. The number of rotatable bonds is 12. The third-order valence-electron chi connectivity index (χ3n) is 7.56. The summed E-state index contributed by atoms with van der Waals surface area (Å²) in [5, 5.41) is 49.3. The van der Waals surface area contributed by atoms with Crippen molar-refractivity contribution in [2.75, 3.05) is 13.2 Å². The van der Waals surface area contributed by atoms with Crippen LogP contribution in [0.2, 0.25) is 0 Å². The van der Waals surface area contributed by atoms with E-state index in [1.165, 1.54) is 53.5 Å². The maximum atomic E-state index is 14.1. The van der Waals surface area contributed by atoms with E-state index in [2.05, 4.69) is 23.7 Å². The highest BCUT2D eigenvalue weighted by molar-refractivity contribution is 7.59. The summed E-state index contributed by atoms with van der Waals surface area (Å²) in [4.78, 5) is 36.1. The van der Waals surface area contributed by atoms with Gasteiger partial charge in [-0.2, -0.15) is 4.57 Å². The average Bonchev–Trinajstić information content (AvgIpc) is 3.67. The number of amides is 1. The van der Waals surface area contributed by atoms with E-state index in [0.717, 1.165) is 4.68 Å². The number of aliphatic hydroxyl groups excluding tert-OH is 4. The van der Waals surface area contributed by atoms with E-state index in [-0.39, 0.29) is 29.4 Å². The van der Waals surface area contributed by atoms with E-state index >= 15 is 0 Å². The van der Waals surface area contributed by atoms with Gasteiger partial charge in [-0.05, 0) is 18.2 Å². The molecule has 1 aliphatic carbocycles. The number of hydrogen-bond donors (Lipinski definition) is 6. The van der Waals surface area contributed by atoms with Crippen LogP contribution in [0.1, 0.15) is 29.0 Å². The lowest BCUT2D eigenvalue weighted by Gasteiger charge is -2.32. The normalized spacial score (nSPS) is 29.9. The van der Waals surface area contributed by atoms with Crippen LogP contribution in [-0.4, -0.2) is 85.1 Å². The number of carbonyl (C=O) groups excluding carboxylic acids is 1. The van der Waals surface area contributed by atoms with Crippen LogP contribution >= 0.6 is 15.6 Å². The third kappa shape index (κ3) is 8.33. The topological polar surface area (TPSA) is 312 Å². The molecule has 0 radical (unpaired) electrons. The molecule has 0 spiro atoms. The van der Waals surface area contributed by atoms with Crippen LogP contribution < -0.4 is 26.2 Å². The van der Waals surface area contributed by atoms with Gasteiger partial charge in [0.05, 0.1) is 25.5 Å². The molecule has 3 heterocycles. The minimum atomic E-state index is -5.67. The molecule has 1 saturated heterocycles. The summed E-state index contributed by atoms with van der Waals surface area (Å²) in [6.45, 7) is -1.78. The second-order valence-electron chi connectivity index (χ2n) is 10.6. The Kier molecular flexibility index (Phi) is 11.4. The molecule has 5 rings (SSSR count). The van der Waals surface area contributed by atoms with Gasteiger partial charge in [-0.15, -0.1) is 5.10 Å². The van der Waals surface area contributed by atoms with Gasteiger partial charge in [0.2, 0.25) is 0 Å². The van der Waals surface area contributed by atoms with Crippen LogP contribution in [0.5, 0.6) is 0 Å². The Balaban J connectivity index is 0.00000500. The van der Waals surface area contributed by atoms with Crippen molar-refractivity contribution >= 4 is 21.6 Å². The number of aliphatic hydroxyl groups is 4. The molecule has 258 valence electrons. The minimum Gasteiger partial charge on any atom is -0.756 e. The lowest BCUT2D eigenvalue weighted by Crippen LogP contribution is -2.45. The highest BCUT2D eigenvalue weighted by Crippen LogP contribution is 2.56. The minimum absolute atomic E-state index is 0. The number of hydrogen-bond acceptors (Lipinski definition) is 15. The fraction of sp³-hybridized carbons (Fsp3) is 0.440. The van der Waals surface area contributed by atoms with Crippen LogP contribution in [0, 0.1) is 11.7 Å². The molecular weight excluding hydrogens is 673 g/mol. The van der Waals surface area contributed by atoms with E-state index in [1.54, 1.807) is 6.07 Å². The van der Waals surface area contributed by atoms with E-state index in [9.17, 15) is 48.5 Å². The van der Waals surface area contributed by atoms with Crippen LogP contribution in [0.15, 0.2) is 55.0 Å². The number of phosphoric acid groups is 2. The maximum absolute atomic E-state index is 14.1. The van der Waals surface area contributed by atoms with Gasteiger partial charge in [-0.25, -0.2) is 13.4 Å². The van der Waals surface area contributed by atoms with Crippen molar-refractivity contribution in [3.63, 3.8) is 0 Å². The molecule has 10 N–H and O–H groups in total. The zero-order valence-corrected chi connectivity index (χ0v) is 26.3. The molecule has 1 saturated carbocycles. The molecule has 3 aromatic rings. The molecule has 1 amide bonds. The molecule has 19 nitrogen and oxygen atoms in total. The lowest BCUT2D eigenvalue weighted by molar-refractivity contribution is -0.728. The first kappa shape index (κ1) is 36.8. The van der Waals surface area contributed by atoms with Crippen LogP contribution in [0.3, 0.4) is 0 Å². The number of nitrogens with zero attached hydrogens (tertiary/aromatic N) is 4. The number of primary amides is 1. The van der Waals surface area contributed by atoms with Crippen molar-refractivity contribution in [1.82, 2.24) is 21.1 Å². The van der Waals surface area contributed by atoms with Crippen LogP contribution in [-0.2, 0) is 27.2 Å². The Morgan fingerprint density at radius 1 is 1.04 bits per heavy atom. The number of nitrogens with two attached hydrogens (primary N) is 1. The van der Waals surface area contributed by atoms with E-state index in [0.29, 0.717) is 0 Å². The average molecular weight is 707 g/mol. The highest BCUT2D eigenvalue weighted by Gasteiger charge is 2.48. The largest absolute Gasteiger partial charge is 0.756 e. The zero-order chi connectivity index (χ0) is 33.4. The van der Waals surface area contributed by atoms with Crippen molar-refractivity contribution in [2.45, 2.75) is 49.2 Å². The van der Waals surface area contributed by atoms with Gasteiger partial charge < -0.3 is 55.9 Å².